The van der Waals surface area contributed by atoms with Crippen molar-refractivity contribution < 1.29 is 9.53 Å². The van der Waals surface area contributed by atoms with E-state index in [0.29, 0.717) is 18.1 Å². The number of thiazole rings is 1. The molecular weight excluding hydrogens is 344 g/mol. The molecule has 1 aromatic heterocycles. The fourth-order valence-corrected chi connectivity index (χ4v) is 3.17. The van der Waals surface area contributed by atoms with E-state index < -0.39 is 0 Å². The van der Waals surface area contributed by atoms with E-state index >= 15 is 0 Å². The summed E-state index contributed by atoms with van der Waals surface area (Å²) in [6.07, 6.45) is 2.31. The summed E-state index contributed by atoms with van der Waals surface area (Å²) in [6, 6.07) is 7.24. The van der Waals surface area contributed by atoms with Crippen LogP contribution in [0.5, 0.6) is 5.75 Å². The zero-order chi connectivity index (χ0) is 17.4. The van der Waals surface area contributed by atoms with Crippen molar-refractivity contribution in [3.8, 4) is 5.75 Å². The first kappa shape index (κ1) is 18.7. The van der Waals surface area contributed by atoms with Crippen LogP contribution in [0.15, 0.2) is 29.6 Å². The number of benzene rings is 1. The van der Waals surface area contributed by atoms with Gasteiger partial charge in [0.1, 0.15) is 17.4 Å². The molecule has 2 aromatic rings. The lowest BCUT2D eigenvalue weighted by Gasteiger charge is -2.20. The van der Waals surface area contributed by atoms with E-state index in [0.717, 1.165) is 42.4 Å². The second kappa shape index (κ2) is 9.64. The van der Waals surface area contributed by atoms with Crippen molar-refractivity contribution in [3.05, 3.63) is 45.4 Å². The quantitative estimate of drug-likeness (QED) is 0.653. The first-order chi connectivity index (χ1) is 11.6. The predicted molar refractivity (Wildman–Crippen MR) is 98.8 cm³/mol. The number of rotatable bonds is 9. The van der Waals surface area contributed by atoms with Gasteiger partial charge in [0.25, 0.3) is 0 Å². The minimum Gasteiger partial charge on any atom is -0.486 e. The van der Waals surface area contributed by atoms with E-state index in [4.69, 9.17) is 16.3 Å². The van der Waals surface area contributed by atoms with Gasteiger partial charge >= 0.3 is 0 Å². The highest BCUT2D eigenvalue weighted by Gasteiger charge is 2.14. The van der Waals surface area contributed by atoms with Crippen LogP contribution < -0.4 is 4.74 Å². The molecule has 6 heteroatoms. The highest BCUT2D eigenvalue weighted by molar-refractivity contribution is 7.09. The van der Waals surface area contributed by atoms with Crippen molar-refractivity contribution in [2.75, 3.05) is 13.1 Å². The molecule has 1 amide bonds. The van der Waals surface area contributed by atoms with Crippen molar-refractivity contribution in [2.24, 2.45) is 0 Å². The molecular formula is C18H23ClN2O2S. The number of halogens is 1. The van der Waals surface area contributed by atoms with Crippen molar-refractivity contribution in [1.29, 1.82) is 0 Å². The molecule has 0 N–H and O–H groups in total. The van der Waals surface area contributed by atoms with Crippen LogP contribution in [0.25, 0.3) is 0 Å². The van der Waals surface area contributed by atoms with Gasteiger partial charge in [-0.1, -0.05) is 25.4 Å². The van der Waals surface area contributed by atoms with Crippen molar-refractivity contribution in [2.45, 2.75) is 39.7 Å². The molecule has 130 valence electrons. The zero-order valence-corrected chi connectivity index (χ0v) is 15.7. The molecule has 0 aliphatic heterocycles. The van der Waals surface area contributed by atoms with Crippen molar-refractivity contribution in [1.82, 2.24) is 9.88 Å². The normalized spacial score (nSPS) is 10.6. The summed E-state index contributed by atoms with van der Waals surface area (Å²) in [7, 11) is 0. The molecule has 2 rings (SSSR count). The Balaban J connectivity index is 1.87. The van der Waals surface area contributed by atoms with Crippen LogP contribution in [0.1, 0.15) is 37.4 Å². The average Bonchev–Trinajstić information content (AvgIpc) is 3.01. The third kappa shape index (κ3) is 5.80. The van der Waals surface area contributed by atoms with Gasteiger partial charge in [0, 0.05) is 23.5 Å². The van der Waals surface area contributed by atoms with E-state index in [1.165, 1.54) is 11.3 Å². The van der Waals surface area contributed by atoms with E-state index in [1.54, 1.807) is 12.1 Å². The van der Waals surface area contributed by atoms with Crippen LogP contribution in [0.3, 0.4) is 0 Å². The second-order valence-electron chi connectivity index (χ2n) is 5.53. The summed E-state index contributed by atoms with van der Waals surface area (Å²) < 4.78 is 5.68. The summed E-state index contributed by atoms with van der Waals surface area (Å²) in [5.74, 6) is 0.901. The molecule has 4 nitrogen and oxygen atoms in total. The van der Waals surface area contributed by atoms with Gasteiger partial charge in [0.15, 0.2) is 0 Å². The van der Waals surface area contributed by atoms with Crippen LogP contribution in [0.4, 0.5) is 0 Å². The Hall–Kier alpha value is -1.59. The summed E-state index contributed by atoms with van der Waals surface area (Å²) in [5, 5.41) is 3.49. The van der Waals surface area contributed by atoms with Gasteiger partial charge in [-0.3, -0.25) is 4.79 Å². The molecule has 0 saturated heterocycles. The van der Waals surface area contributed by atoms with E-state index in [2.05, 4.69) is 18.8 Å². The van der Waals surface area contributed by atoms with Gasteiger partial charge in [-0.15, -0.1) is 11.3 Å². The molecule has 0 bridgehead atoms. The minimum atomic E-state index is 0.147. The standard InChI is InChI=1S/C18H23ClN2O2S/c1-3-9-21(10-4-2)18(22)11-15-13-24-17(20-15)12-23-16-7-5-14(19)6-8-16/h5-8,13H,3-4,9-12H2,1-2H3. The number of carbonyl (C=O) groups excluding carboxylic acids is 1. The fourth-order valence-electron chi connectivity index (χ4n) is 2.34. The van der Waals surface area contributed by atoms with Crippen molar-refractivity contribution in [3.63, 3.8) is 0 Å². The maximum absolute atomic E-state index is 12.4. The number of nitrogens with zero attached hydrogens (tertiary/aromatic N) is 2. The lowest BCUT2D eigenvalue weighted by Crippen LogP contribution is -2.33. The molecule has 0 aliphatic rings. The Morgan fingerprint density at radius 2 is 1.88 bits per heavy atom. The maximum atomic E-state index is 12.4. The van der Waals surface area contributed by atoms with Gasteiger partial charge in [-0.25, -0.2) is 4.98 Å². The molecule has 0 saturated carbocycles. The number of hydrogen-bond donors (Lipinski definition) is 0. The van der Waals surface area contributed by atoms with Gasteiger partial charge in [-0.2, -0.15) is 0 Å². The van der Waals surface area contributed by atoms with Crippen molar-refractivity contribution >= 4 is 28.8 Å². The van der Waals surface area contributed by atoms with Crippen LogP contribution in [0.2, 0.25) is 5.02 Å². The Morgan fingerprint density at radius 3 is 2.50 bits per heavy atom. The summed E-state index contributed by atoms with van der Waals surface area (Å²) in [6.45, 7) is 6.19. The Bertz CT molecular complexity index is 637. The summed E-state index contributed by atoms with van der Waals surface area (Å²) in [5.41, 5.74) is 0.817. The molecule has 1 aromatic carbocycles. The molecule has 0 radical (unpaired) electrons. The lowest BCUT2D eigenvalue weighted by molar-refractivity contribution is -0.130. The monoisotopic (exact) mass is 366 g/mol. The Morgan fingerprint density at radius 1 is 1.21 bits per heavy atom. The Kier molecular flexibility index (Phi) is 7.53. The maximum Gasteiger partial charge on any atom is 0.228 e. The summed E-state index contributed by atoms with van der Waals surface area (Å²) >= 11 is 7.37. The smallest absolute Gasteiger partial charge is 0.228 e. The fraction of sp³-hybridized carbons (Fsp3) is 0.444. The van der Waals surface area contributed by atoms with Crippen LogP contribution in [-0.4, -0.2) is 28.9 Å². The number of ether oxygens (including phenoxy) is 1. The lowest BCUT2D eigenvalue weighted by atomic mass is 10.2. The highest BCUT2D eigenvalue weighted by atomic mass is 35.5. The largest absolute Gasteiger partial charge is 0.486 e. The van der Waals surface area contributed by atoms with E-state index in [1.807, 2.05) is 22.4 Å². The van der Waals surface area contributed by atoms with Gasteiger partial charge in [0.05, 0.1) is 12.1 Å². The zero-order valence-electron chi connectivity index (χ0n) is 14.1. The molecule has 0 aliphatic carbocycles. The summed E-state index contributed by atoms with van der Waals surface area (Å²) in [4.78, 5) is 18.8. The Labute approximate surface area is 152 Å². The second-order valence-corrected chi connectivity index (χ2v) is 6.91. The third-order valence-electron chi connectivity index (χ3n) is 3.45. The molecule has 0 atom stereocenters. The number of carbonyl (C=O) groups is 1. The highest BCUT2D eigenvalue weighted by Crippen LogP contribution is 2.18. The first-order valence-corrected chi connectivity index (χ1v) is 9.47. The first-order valence-electron chi connectivity index (χ1n) is 8.21. The van der Waals surface area contributed by atoms with E-state index in [9.17, 15) is 4.79 Å². The number of hydrogen-bond acceptors (Lipinski definition) is 4. The van der Waals surface area contributed by atoms with E-state index in [-0.39, 0.29) is 5.91 Å². The van der Waals surface area contributed by atoms with Crippen LogP contribution in [-0.2, 0) is 17.8 Å². The number of aromatic nitrogens is 1. The van der Waals surface area contributed by atoms with Gasteiger partial charge < -0.3 is 9.64 Å². The molecule has 0 fully saturated rings. The molecule has 1 heterocycles. The van der Waals surface area contributed by atoms with Gasteiger partial charge in [-0.05, 0) is 37.1 Å². The van der Waals surface area contributed by atoms with Crippen LogP contribution in [0, 0.1) is 0 Å². The predicted octanol–water partition coefficient (Wildman–Crippen LogP) is 4.57. The number of amides is 1. The minimum absolute atomic E-state index is 0.147. The van der Waals surface area contributed by atoms with Crippen LogP contribution >= 0.6 is 22.9 Å². The molecule has 24 heavy (non-hydrogen) atoms. The average molecular weight is 367 g/mol. The molecule has 0 unspecified atom stereocenters. The van der Waals surface area contributed by atoms with Gasteiger partial charge in [0.2, 0.25) is 5.91 Å². The topological polar surface area (TPSA) is 42.4 Å². The SMILES string of the molecule is CCCN(CCC)C(=O)Cc1csc(COc2ccc(Cl)cc2)n1. The molecule has 0 spiro atoms. The third-order valence-corrected chi connectivity index (χ3v) is 4.57.